The minimum Gasteiger partial charge on any atom is -0.478 e. The zero-order chi connectivity index (χ0) is 20.3. The number of nitrogens with one attached hydrogen (secondary N) is 1. The molecule has 0 atom stereocenters. The second-order valence-electron chi connectivity index (χ2n) is 7.11. The summed E-state index contributed by atoms with van der Waals surface area (Å²) < 4.78 is 20.5. The molecule has 2 aromatic heterocycles. The third-order valence-electron chi connectivity index (χ3n) is 4.22. The predicted molar refractivity (Wildman–Crippen MR) is 104 cm³/mol. The number of aryl methyl sites for hydroxylation is 2. The van der Waals surface area contributed by atoms with Gasteiger partial charge < -0.3 is 10.1 Å². The van der Waals surface area contributed by atoms with Crippen LogP contribution in [0.2, 0.25) is 0 Å². The highest BCUT2D eigenvalue weighted by atomic mass is 19.1. The van der Waals surface area contributed by atoms with Crippen LogP contribution < -0.4 is 10.1 Å². The average Bonchev–Trinajstić information content (AvgIpc) is 3.00. The van der Waals surface area contributed by atoms with E-state index >= 15 is 0 Å². The first-order valence-electron chi connectivity index (χ1n) is 8.96. The van der Waals surface area contributed by atoms with Crippen LogP contribution in [0.5, 0.6) is 5.75 Å². The molecule has 28 heavy (non-hydrogen) atoms. The lowest BCUT2D eigenvalue weighted by Gasteiger charge is -2.25. The Morgan fingerprint density at radius 1 is 1.18 bits per heavy atom. The lowest BCUT2D eigenvalue weighted by molar-refractivity contribution is -0.134. The van der Waals surface area contributed by atoms with Crippen molar-refractivity contribution in [2.75, 3.05) is 0 Å². The van der Waals surface area contributed by atoms with Crippen LogP contribution in [0.1, 0.15) is 30.8 Å². The smallest absolute Gasteiger partial charge is 0.263 e. The number of amides is 1. The van der Waals surface area contributed by atoms with Gasteiger partial charge in [0.15, 0.2) is 11.4 Å². The van der Waals surface area contributed by atoms with Crippen molar-refractivity contribution in [3.05, 3.63) is 71.4 Å². The summed E-state index contributed by atoms with van der Waals surface area (Å²) in [6, 6.07) is 11.3. The van der Waals surface area contributed by atoms with Crippen LogP contribution in [0.4, 0.5) is 4.39 Å². The fourth-order valence-electron chi connectivity index (χ4n) is 2.75. The average molecular weight is 382 g/mol. The van der Waals surface area contributed by atoms with Crippen LogP contribution in [-0.4, -0.2) is 26.3 Å². The van der Waals surface area contributed by atoms with Gasteiger partial charge in [-0.3, -0.25) is 4.79 Å². The van der Waals surface area contributed by atoms with Crippen LogP contribution in [0.3, 0.4) is 0 Å². The molecule has 0 spiro atoms. The second kappa shape index (κ2) is 7.80. The first-order valence-corrected chi connectivity index (χ1v) is 8.96. The van der Waals surface area contributed by atoms with Gasteiger partial charge in [0.2, 0.25) is 0 Å². The molecule has 1 aromatic carbocycles. The van der Waals surface area contributed by atoms with Crippen molar-refractivity contribution >= 4 is 5.91 Å². The number of halogens is 1. The number of benzene rings is 1. The Morgan fingerprint density at radius 3 is 2.46 bits per heavy atom. The van der Waals surface area contributed by atoms with Crippen molar-refractivity contribution < 1.29 is 13.9 Å². The van der Waals surface area contributed by atoms with Gasteiger partial charge in [-0.15, -0.1) is 0 Å². The number of aromatic nitrogens is 3. The Morgan fingerprint density at radius 2 is 1.89 bits per heavy atom. The topological polar surface area (TPSA) is 69.0 Å². The van der Waals surface area contributed by atoms with E-state index in [4.69, 9.17) is 4.74 Å². The first-order chi connectivity index (χ1) is 13.2. The van der Waals surface area contributed by atoms with Gasteiger partial charge in [-0.05, 0) is 69.7 Å². The van der Waals surface area contributed by atoms with Crippen molar-refractivity contribution in [1.82, 2.24) is 20.1 Å². The minimum atomic E-state index is -1.10. The molecule has 6 nitrogen and oxygen atoms in total. The SMILES string of the molecule is Cc1cc(C)n(-c2ccc(CNC(=O)C(C)(C)Oc3ccc(F)cc3)cn2)n1. The van der Waals surface area contributed by atoms with Gasteiger partial charge >= 0.3 is 0 Å². The Hall–Kier alpha value is -3.22. The van der Waals surface area contributed by atoms with Gasteiger partial charge in [0.05, 0.1) is 5.69 Å². The third kappa shape index (κ3) is 4.54. The maximum absolute atomic E-state index is 13.0. The minimum absolute atomic E-state index is 0.278. The number of hydrogen-bond donors (Lipinski definition) is 1. The molecule has 2 heterocycles. The molecule has 0 bridgehead atoms. The zero-order valence-electron chi connectivity index (χ0n) is 16.4. The molecule has 1 amide bonds. The predicted octanol–water partition coefficient (Wildman–Crippen LogP) is 3.50. The van der Waals surface area contributed by atoms with Crippen LogP contribution in [0, 0.1) is 19.7 Å². The lowest BCUT2D eigenvalue weighted by atomic mass is 10.1. The van der Waals surface area contributed by atoms with Crippen molar-refractivity contribution in [2.24, 2.45) is 0 Å². The van der Waals surface area contributed by atoms with E-state index in [1.807, 2.05) is 32.0 Å². The summed E-state index contributed by atoms with van der Waals surface area (Å²) in [5, 5.41) is 7.25. The largest absolute Gasteiger partial charge is 0.478 e. The highest BCUT2D eigenvalue weighted by molar-refractivity contribution is 5.84. The third-order valence-corrected chi connectivity index (χ3v) is 4.22. The number of carbonyl (C=O) groups is 1. The fraction of sp³-hybridized carbons (Fsp3) is 0.286. The van der Waals surface area contributed by atoms with Gasteiger partial charge in [0, 0.05) is 18.4 Å². The van der Waals surface area contributed by atoms with E-state index in [0.29, 0.717) is 12.3 Å². The Labute approximate surface area is 163 Å². The maximum Gasteiger partial charge on any atom is 0.263 e. The molecule has 0 aliphatic carbocycles. The molecule has 0 saturated carbocycles. The van der Waals surface area contributed by atoms with E-state index < -0.39 is 5.60 Å². The van der Waals surface area contributed by atoms with Gasteiger partial charge in [-0.1, -0.05) is 6.07 Å². The lowest BCUT2D eigenvalue weighted by Crippen LogP contribution is -2.46. The molecule has 0 aliphatic rings. The molecule has 0 aliphatic heterocycles. The van der Waals surface area contributed by atoms with Gasteiger partial charge in [0.25, 0.3) is 5.91 Å². The standard InChI is InChI=1S/C21H23FN4O2/c1-14-11-15(2)26(25-14)19-10-5-16(12-23-19)13-24-20(27)21(3,4)28-18-8-6-17(22)7-9-18/h5-12H,13H2,1-4H3,(H,24,27). The number of pyridine rings is 1. The Bertz CT molecular complexity index is 963. The Balaban J connectivity index is 1.60. The van der Waals surface area contributed by atoms with Crippen LogP contribution >= 0.6 is 0 Å². The second-order valence-corrected chi connectivity index (χ2v) is 7.11. The normalized spacial score (nSPS) is 11.3. The molecule has 0 unspecified atom stereocenters. The van der Waals surface area contributed by atoms with Crippen molar-refractivity contribution in [3.63, 3.8) is 0 Å². The number of rotatable bonds is 6. The monoisotopic (exact) mass is 382 g/mol. The van der Waals surface area contributed by atoms with Crippen molar-refractivity contribution in [3.8, 4) is 11.6 Å². The molecule has 1 N–H and O–H groups in total. The quantitative estimate of drug-likeness (QED) is 0.708. The number of carbonyl (C=O) groups excluding carboxylic acids is 1. The summed E-state index contributed by atoms with van der Waals surface area (Å²) in [4.78, 5) is 16.9. The fourth-order valence-corrected chi connectivity index (χ4v) is 2.75. The molecular formula is C21H23FN4O2. The first kappa shape index (κ1) is 19.5. The summed E-state index contributed by atoms with van der Waals surface area (Å²) >= 11 is 0. The molecule has 3 aromatic rings. The summed E-state index contributed by atoms with van der Waals surface area (Å²) in [7, 11) is 0. The van der Waals surface area contributed by atoms with E-state index in [1.54, 1.807) is 24.7 Å². The molecular weight excluding hydrogens is 359 g/mol. The van der Waals surface area contributed by atoms with Crippen LogP contribution in [0.15, 0.2) is 48.7 Å². The molecule has 7 heteroatoms. The van der Waals surface area contributed by atoms with E-state index in [1.165, 1.54) is 24.3 Å². The van der Waals surface area contributed by atoms with Gasteiger partial charge in [0.1, 0.15) is 11.6 Å². The van der Waals surface area contributed by atoms with Crippen LogP contribution in [0.25, 0.3) is 5.82 Å². The number of nitrogens with zero attached hydrogens (tertiary/aromatic N) is 3. The highest BCUT2D eigenvalue weighted by Gasteiger charge is 2.29. The molecule has 0 radical (unpaired) electrons. The van der Waals surface area contributed by atoms with Crippen molar-refractivity contribution in [2.45, 2.75) is 39.8 Å². The molecule has 0 fully saturated rings. The maximum atomic E-state index is 13.0. The number of ether oxygens (including phenoxy) is 1. The summed E-state index contributed by atoms with van der Waals surface area (Å²) in [5.74, 6) is 0.517. The van der Waals surface area contributed by atoms with E-state index in [0.717, 1.165) is 22.8 Å². The molecule has 0 saturated heterocycles. The Kier molecular flexibility index (Phi) is 5.44. The van der Waals surface area contributed by atoms with Gasteiger partial charge in [-0.25, -0.2) is 14.1 Å². The van der Waals surface area contributed by atoms with E-state index in [9.17, 15) is 9.18 Å². The van der Waals surface area contributed by atoms with E-state index in [-0.39, 0.29) is 11.7 Å². The summed E-state index contributed by atoms with van der Waals surface area (Å²) in [6.45, 7) is 7.55. The molecule has 3 rings (SSSR count). The van der Waals surface area contributed by atoms with Crippen LogP contribution in [-0.2, 0) is 11.3 Å². The van der Waals surface area contributed by atoms with Crippen molar-refractivity contribution in [1.29, 1.82) is 0 Å². The van der Waals surface area contributed by atoms with E-state index in [2.05, 4.69) is 15.4 Å². The summed E-state index contributed by atoms with van der Waals surface area (Å²) in [5.41, 5.74) is 1.69. The number of hydrogen-bond acceptors (Lipinski definition) is 4. The zero-order valence-corrected chi connectivity index (χ0v) is 16.4. The summed E-state index contributed by atoms with van der Waals surface area (Å²) in [6.07, 6.45) is 1.71. The van der Waals surface area contributed by atoms with Gasteiger partial charge in [-0.2, -0.15) is 5.10 Å². The molecule has 146 valence electrons. The highest BCUT2D eigenvalue weighted by Crippen LogP contribution is 2.19.